The molecule has 1 aliphatic rings. The largest absolute Gasteiger partial charge is 0.336 e. The number of hydrogen-bond donors (Lipinski definition) is 0. The summed E-state index contributed by atoms with van der Waals surface area (Å²) < 4.78 is 27.5. The third-order valence-corrected chi connectivity index (χ3v) is 8.33. The number of carbonyl (C=O) groups is 1. The van der Waals surface area contributed by atoms with E-state index in [1.54, 1.807) is 11.0 Å². The van der Waals surface area contributed by atoms with Gasteiger partial charge in [0.1, 0.15) is 0 Å². The fraction of sp³-hybridized carbons (Fsp3) is 0.333. The quantitative estimate of drug-likeness (QED) is 0.640. The van der Waals surface area contributed by atoms with Crippen LogP contribution in [0.3, 0.4) is 0 Å². The number of pyridine rings is 1. The maximum Gasteiger partial charge on any atom is 0.254 e. The Morgan fingerprint density at radius 2 is 1.72 bits per heavy atom. The molecule has 0 radical (unpaired) electrons. The normalized spacial score (nSPS) is 15.8. The Balaban J connectivity index is 1.55. The molecule has 1 aliphatic heterocycles. The highest BCUT2D eigenvalue weighted by molar-refractivity contribution is 7.89. The van der Waals surface area contributed by atoms with Crippen molar-refractivity contribution >= 4 is 38.2 Å². The summed E-state index contributed by atoms with van der Waals surface area (Å²) in [6.45, 7) is 6.95. The second-order valence-corrected chi connectivity index (χ2v) is 10.7. The summed E-state index contributed by atoms with van der Waals surface area (Å²) >= 11 is 1.49. The van der Waals surface area contributed by atoms with E-state index in [2.05, 4.69) is 4.98 Å². The van der Waals surface area contributed by atoms with E-state index in [9.17, 15) is 13.2 Å². The summed E-state index contributed by atoms with van der Waals surface area (Å²) in [4.78, 5) is 21.6. The van der Waals surface area contributed by atoms with E-state index in [-0.39, 0.29) is 5.91 Å². The lowest BCUT2D eigenvalue weighted by atomic mass is 10.1. The molecule has 0 saturated carbocycles. The summed E-state index contributed by atoms with van der Waals surface area (Å²) in [6, 6.07) is 11.1. The van der Waals surface area contributed by atoms with Gasteiger partial charge in [0, 0.05) is 47.0 Å². The molecule has 1 aromatic carbocycles. The number of nitrogens with zero attached hydrogens (tertiary/aromatic N) is 3. The first kappa shape index (κ1) is 20.0. The smallest absolute Gasteiger partial charge is 0.254 e. The Labute approximate surface area is 174 Å². The molecule has 4 rings (SSSR count). The molecular weight excluding hydrogens is 406 g/mol. The topological polar surface area (TPSA) is 70.6 Å². The number of aryl methyl sites for hydroxylation is 3. The van der Waals surface area contributed by atoms with E-state index in [1.165, 1.54) is 15.6 Å². The second-order valence-electron chi connectivity index (χ2n) is 7.30. The van der Waals surface area contributed by atoms with Gasteiger partial charge < -0.3 is 4.90 Å². The highest BCUT2D eigenvalue weighted by Crippen LogP contribution is 2.28. The van der Waals surface area contributed by atoms with E-state index in [0.717, 1.165) is 26.4 Å². The molecule has 1 fully saturated rings. The average molecular weight is 430 g/mol. The lowest BCUT2D eigenvalue weighted by molar-refractivity contribution is 0.0699. The summed E-state index contributed by atoms with van der Waals surface area (Å²) in [7, 11) is -3.53. The number of para-hydroxylation sites is 1. The van der Waals surface area contributed by atoms with Crippen LogP contribution in [0.1, 0.15) is 25.8 Å². The van der Waals surface area contributed by atoms with Crippen LogP contribution in [0.15, 0.2) is 41.3 Å². The van der Waals surface area contributed by atoms with Crippen LogP contribution in [0.4, 0.5) is 0 Å². The number of hydrogen-bond acceptors (Lipinski definition) is 5. The van der Waals surface area contributed by atoms with Crippen LogP contribution >= 0.6 is 11.3 Å². The number of carbonyl (C=O) groups excluding carboxylic acids is 1. The van der Waals surface area contributed by atoms with E-state index < -0.39 is 10.0 Å². The zero-order chi connectivity index (χ0) is 20.8. The molecule has 0 unspecified atom stereocenters. The van der Waals surface area contributed by atoms with Crippen LogP contribution in [0, 0.1) is 20.8 Å². The van der Waals surface area contributed by atoms with Gasteiger partial charge in [-0.25, -0.2) is 8.42 Å². The van der Waals surface area contributed by atoms with Crippen molar-refractivity contribution < 1.29 is 13.2 Å². The Kier molecular flexibility index (Phi) is 5.18. The fourth-order valence-corrected chi connectivity index (χ4v) is 6.74. The first-order valence-corrected chi connectivity index (χ1v) is 11.8. The highest BCUT2D eigenvalue weighted by atomic mass is 32.2. The molecule has 3 heterocycles. The van der Waals surface area contributed by atoms with E-state index in [1.807, 2.05) is 51.1 Å². The Morgan fingerprint density at radius 3 is 2.38 bits per heavy atom. The van der Waals surface area contributed by atoms with Crippen molar-refractivity contribution in [3.05, 3.63) is 57.4 Å². The van der Waals surface area contributed by atoms with Crippen molar-refractivity contribution in [3.63, 3.8) is 0 Å². The minimum atomic E-state index is -3.53. The minimum Gasteiger partial charge on any atom is -0.336 e. The second kappa shape index (κ2) is 7.51. The number of piperazine rings is 1. The summed E-state index contributed by atoms with van der Waals surface area (Å²) in [5.74, 6) is -0.0775. The minimum absolute atomic E-state index is 0.0775. The van der Waals surface area contributed by atoms with Crippen molar-refractivity contribution in [1.29, 1.82) is 0 Å². The van der Waals surface area contributed by atoms with Crippen molar-refractivity contribution in [2.75, 3.05) is 26.2 Å². The first-order valence-electron chi connectivity index (χ1n) is 9.50. The van der Waals surface area contributed by atoms with Gasteiger partial charge in [-0.2, -0.15) is 4.31 Å². The van der Waals surface area contributed by atoms with Crippen LogP contribution in [-0.2, 0) is 10.0 Å². The van der Waals surface area contributed by atoms with Crippen LogP contribution in [-0.4, -0.2) is 54.7 Å². The fourth-order valence-electron chi connectivity index (χ4n) is 3.79. The third kappa shape index (κ3) is 3.68. The van der Waals surface area contributed by atoms with Crippen LogP contribution in [0.5, 0.6) is 0 Å². The zero-order valence-electron chi connectivity index (χ0n) is 16.7. The van der Waals surface area contributed by atoms with Gasteiger partial charge in [0.05, 0.1) is 16.0 Å². The molecule has 0 bridgehead atoms. The molecule has 8 heteroatoms. The summed E-state index contributed by atoms with van der Waals surface area (Å²) in [6.07, 6.45) is 0. The summed E-state index contributed by atoms with van der Waals surface area (Å²) in [5.41, 5.74) is 2.20. The van der Waals surface area contributed by atoms with Crippen molar-refractivity contribution in [2.45, 2.75) is 25.7 Å². The molecule has 6 nitrogen and oxygen atoms in total. The highest BCUT2D eigenvalue weighted by Gasteiger charge is 2.32. The Morgan fingerprint density at radius 1 is 1.03 bits per heavy atom. The third-order valence-electron chi connectivity index (χ3n) is 5.21. The van der Waals surface area contributed by atoms with E-state index >= 15 is 0 Å². The van der Waals surface area contributed by atoms with Gasteiger partial charge in [0.25, 0.3) is 5.91 Å². The van der Waals surface area contributed by atoms with Gasteiger partial charge in [0.15, 0.2) is 0 Å². The lowest BCUT2D eigenvalue weighted by Crippen LogP contribution is -2.50. The SMILES string of the molecule is Cc1cc(C(=O)N2CCN(S(=O)(=O)c3cc(C)sc3C)CC2)c2ccccc2n1. The molecule has 1 amide bonds. The number of sulfonamides is 1. The van der Waals surface area contributed by atoms with Crippen LogP contribution in [0.2, 0.25) is 0 Å². The standard InChI is InChI=1S/C21H23N3O3S2/c1-14-12-18(17-6-4-5-7-19(17)22-14)21(25)23-8-10-24(11-9-23)29(26,27)20-13-15(2)28-16(20)3/h4-7,12-13H,8-11H2,1-3H3. The molecule has 0 N–H and O–H groups in total. The number of benzene rings is 1. The Hall–Kier alpha value is -2.29. The zero-order valence-corrected chi connectivity index (χ0v) is 18.3. The molecule has 0 aliphatic carbocycles. The van der Waals surface area contributed by atoms with Gasteiger partial charge in [-0.15, -0.1) is 11.3 Å². The summed E-state index contributed by atoms with van der Waals surface area (Å²) in [5, 5.41) is 0.822. The molecule has 2 aromatic heterocycles. The number of thiophene rings is 1. The number of amides is 1. The molecule has 0 atom stereocenters. The predicted octanol–water partition coefficient (Wildman–Crippen LogP) is 3.37. The number of aromatic nitrogens is 1. The molecule has 1 saturated heterocycles. The van der Waals surface area contributed by atoms with Gasteiger partial charge >= 0.3 is 0 Å². The molecule has 0 spiro atoms. The lowest BCUT2D eigenvalue weighted by Gasteiger charge is -2.34. The van der Waals surface area contributed by atoms with Gasteiger partial charge in [-0.3, -0.25) is 9.78 Å². The van der Waals surface area contributed by atoms with Crippen molar-refractivity contribution in [3.8, 4) is 0 Å². The number of rotatable bonds is 3. The van der Waals surface area contributed by atoms with Gasteiger partial charge in [0.2, 0.25) is 10.0 Å². The van der Waals surface area contributed by atoms with Crippen LogP contribution < -0.4 is 0 Å². The maximum atomic E-state index is 13.2. The van der Waals surface area contributed by atoms with Gasteiger partial charge in [-0.05, 0) is 39.0 Å². The molecular formula is C21H23N3O3S2. The molecule has 3 aromatic rings. The first-order chi connectivity index (χ1) is 13.8. The maximum absolute atomic E-state index is 13.2. The Bertz CT molecular complexity index is 1190. The van der Waals surface area contributed by atoms with Crippen molar-refractivity contribution in [2.24, 2.45) is 0 Å². The van der Waals surface area contributed by atoms with E-state index in [4.69, 9.17) is 0 Å². The predicted molar refractivity (Wildman–Crippen MR) is 115 cm³/mol. The van der Waals surface area contributed by atoms with Crippen LogP contribution in [0.25, 0.3) is 10.9 Å². The average Bonchev–Trinajstić information content (AvgIpc) is 3.05. The van der Waals surface area contributed by atoms with Gasteiger partial charge in [-0.1, -0.05) is 18.2 Å². The monoisotopic (exact) mass is 429 g/mol. The van der Waals surface area contributed by atoms with E-state index in [0.29, 0.717) is 36.6 Å². The molecule has 29 heavy (non-hydrogen) atoms. The number of fused-ring (bicyclic) bond motifs is 1. The van der Waals surface area contributed by atoms with Crippen molar-refractivity contribution in [1.82, 2.24) is 14.2 Å². The molecule has 152 valence electrons.